The van der Waals surface area contributed by atoms with Gasteiger partial charge in [0.1, 0.15) is 6.04 Å². The Bertz CT molecular complexity index is 888. The van der Waals surface area contributed by atoms with Crippen LogP contribution < -0.4 is 4.90 Å². The van der Waals surface area contributed by atoms with Gasteiger partial charge < -0.3 is 19.0 Å². The van der Waals surface area contributed by atoms with Crippen LogP contribution in [-0.2, 0) is 14.3 Å². The Hall–Kier alpha value is -2.64. The molecule has 1 atom stereocenters. The van der Waals surface area contributed by atoms with Crippen LogP contribution >= 0.6 is 0 Å². The van der Waals surface area contributed by atoms with Crippen LogP contribution in [0.15, 0.2) is 16.5 Å². The van der Waals surface area contributed by atoms with Crippen LogP contribution in [0, 0.1) is 12.8 Å². The number of pyridine rings is 1. The van der Waals surface area contributed by atoms with Gasteiger partial charge >= 0.3 is 5.97 Å². The Morgan fingerprint density at radius 3 is 2.69 bits per heavy atom. The van der Waals surface area contributed by atoms with Crippen molar-refractivity contribution in [2.75, 3.05) is 31.1 Å². The maximum Gasteiger partial charge on any atom is 0.328 e. The Morgan fingerprint density at radius 1 is 1.14 bits per heavy atom. The quantitative estimate of drug-likeness (QED) is 0.729. The molecule has 2 fully saturated rings. The monoisotopic (exact) mass is 400 g/mol. The second-order valence-electron chi connectivity index (χ2n) is 7.83. The van der Waals surface area contributed by atoms with Crippen LogP contribution in [0.2, 0.25) is 0 Å². The molecular weight excluding hydrogens is 372 g/mol. The van der Waals surface area contributed by atoms with E-state index in [2.05, 4.69) is 14.9 Å². The van der Waals surface area contributed by atoms with Gasteiger partial charge in [-0.25, -0.2) is 9.78 Å². The molecule has 4 heterocycles. The fraction of sp³-hybridized carbons (Fsp3) is 0.619. The van der Waals surface area contributed by atoms with E-state index in [0.29, 0.717) is 49.9 Å². The average Bonchev–Trinajstić information content (AvgIpc) is 3.16. The highest BCUT2D eigenvalue weighted by Gasteiger charge is 2.37. The van der Waals surface area contributed by atoms with E-state index in [9.17, 15) is 9.59 Å². The molecule has 2 aromatic rings. The van der Waals surface area contributed by atoms with Crippen molar-refractivity contribution in [2.45, 2.75) is 52.0 Å². The van der Waals surface area contributed by atoms with Crippen molar-refractivity contribution in [3.05, 3.63) is 17.8 Å². The minimum atomic E-state index is -0.430. The summed E-state index contributed by atoms with van der Waals surface area (Å²) in [7, 11) is 0. The van der Waals surface area contributed by atoms with E-state index in [0.717, 1.165) is 31.4 Å². The molecule has 0 aromatic carbocycles. The third-order valence-electron chi connectivity index (χ3n) is 5.84. The zero-order valence-corrected chi connectivity index (χ0v) is 17.1. The number of esters is 1. The van der Waals surface area contributed by atoms with Crippen molar-refractivity contribution in [1.82, 2.24) is 14.9 Å². The Kier molecular flexibility index (Phi) is 5.69. The second kappa shape index (κ2) is 8.39. The average molecular weight is 400 g/mol. The molecule has 29 heavy (non-hydrogen) atoms. The molecule has 4 rings (SSSR count). The standard InChI is InChI=1S/C21H28N4O4/c1-3-28-20(27)16-6-4-5-11-25(16)19(26)15-9-12-24(13-10-15)21-23-18-17(29-21)8-7-14(2)22-18/h7-8,15-16H,3-6,9-13H2,1-2H3. The van der Waals surface area contributed by atoms with Crippen LogP contribution in [-0.4, -0.2) is 59.0 Å². The number of ether oxygens (including phenoxy) is 1. The molecule has 2 aromatic heterocycles. The molecule has 0 spiro atoms. The zero-order valence-electron chi connectivity index (χ0n) is 17.1. The van der Waals surface area contributed by atoms with Gasteiger partial charge in [0.05, 0.1) is 6.61 Å². The molecule has 8 heteroatoms. The highest BCUT2D eigenvalue weighted by atomic mass is 16.5. The summed E-state index contributed by atoms with van der Waals surface area (Å²) in [6, 6.07) is 3.92. The van der Waals surface area contributed by atoms with Gasteiger partial charge in [-0.15, -0.1) is 0 Å². The number of hydrogen-bond acceptors (Lipinski definition) is 7. The number of carbonyl (C=O) groups excluding carboxylic acids is 2. The highest BCUT2D eigenvalue weighted by molar-refractivity contribution is 5.86. The van der Waals surface area contributed by atoms with E-state index in [4.69, 9.17) is 9.15 Å². The van der Waals surface area contributed by atoms with Crippen molar-refractivity contribution in [2.24, 2.45) is 5.92 Å². The van der Waals surface area contributed by atoms with Gasteiger partial charge in [-0.3, -0.25) is 4.79 Å². The number of carbonyl (C=O) groups is 2. The summed E-state index contributed by atoms with van der Waals surface area (Å²) < 4.78 is 11.0. The molecule has 0 saturated carbocycles. The summed E-state index contributed by atoms with van der Waals surface area (Å²) in [5.74, 6) is -0.268. The lowest BCUT2D eigenvalue weighted by molar-refractivity contribution is -0.158. The van der Waals surface area contributed by atoms with E-state index in [1.165, 1.54) is 0 Å². The summed E-state index contributed by atoms with van der Waals surface area (Å²) in [5, 5.41) is 0. The molecule has 8 nitrogen and oxygen atoms in total. The lowest BCUT2D eigenvalue weighted by Gasteiger charge is -2.38. The van der Waals surface area contributed by atoms with Gasteiger partial charge in [-0.1, -0.05) is 0 Å². The van der Waals surface area contributed by atoms with Crippen LogP contribution in [0.25, 0.3) is 11.2 Å². The molecule has 2 aliphatic heterocycles. The molecule has 2 aliphatic rings. The lowest BCUT2D eigenvalue weighted by atomic mass is 9.92. The number of rotatable bonds is 4. The number of anilines is 1. The summed E-state index contributed by atoms with van der Waals surface area (Å²) in [5.41, 5.74) is 2.19. The van der Waals surface area contributed by atoms with Gasteiger partial charge in [-0.2, -0.15) is 4.98 Å². The van der Waals surface area contributed by atoms with Crippen molar-refractivity contribution in [3.8, 4) is 0 Å². The summed E-state index contributed by atoms with van der Waals surface area (Å²) >= 11 is 0. The van der Waals surface area contributed by atoms with Gasteiger partial charge in [-0.05, 0) is 58.1 Å². The predicted molar refractivity (Wildman–Crippen MR) is 107 cm³/mol. The maximum atomic E-state index is 13.1. The first kappa shape index (κ1) is 19.7. The van der Waals surface area contributed by atoms with Gasteiger partial charge in [0.2, 0.25) is 11.6 Å². The molecular formula is C21H28N4O4. The molecule has 1 amide bonds. The molecule has 1 unspecified atom stereocenters. The van der Waals surface area contributed by atoms with Gasteiger partial charge in [0.25, 0.3) is 6.01 Å². The molecule has 0 radical (unpaired) electrons. The minimum Gasteiger partial charge on any atom is -0.464 e. The Morgan fingerprint density at radius 2 is 1.93 bits per heavy atom. The number of nitrogens with zero attached hydrogens (tertiary/aromatic N) is 4. The summed E-state index contributed by atoms with van der Waals surface area (Å²) in [6.07, 6.45) is 4.03. The number of piperidine rings is 2. The number of hydrogen-bond donors (Lipinski definition) is 0. The summed E-state index contributed by atoms with van der Waals surface area (Å²) in [6.45, 7) is 6.09. The van der Waals surface area contributed by atoms with E-state index in [1.54, 1.807) is 11.8 Å². The number of fused-ring (bicyclic) bond motifs is 1. The van der Waals surface area contributed by atoms with Crippen molar-refractivity contribution < 1.29 is 18.7 Å². The Labute approximate surface area is 170 Å². The Balaban J connectivity index is 1.40. The lowest BCUT2D eigenvalue weighted by Crippen LogP contribution is -2.52. The van der Waals surface area contributed by atoms with Crippen LogP contribution in [0.4, 0.5) is 6.01 Å². The number of aromatic nitrogens is 2. The van der Waals surface area contributed by atoms with E-state index in [1.807, 2.05) is 19.1 Å². The van der Waals surface area contributed by atoms with Gasteiger partial charge in [0.15, 0.2) is 5.58 Å². The van der Waals surface area contributed by atoms with Crippen molar-refractivity contribution >= 4 is 29.1 Å². The topological polar surface area (TPSA) is 88.8 Å². The van der Waals surface area contributed by atoms with Crippen LogP contribution in [0.1, 0.15) is 44.7 Å². The van der Waals surface area contributed by atoms with E-state index in [-0.39, 0.29) is 17.8 Å². The number of aryl methyl sites for hydroxylation is 1. The largest absolute Gasteiger partial charge is 0.464 e. The normalized spacial score (nSPS) is 20.8. The van der Waals surface area contributed by atoms with Gasteiger partial charge in [0, 0.05) is 31.2 Å². The van der Waals surface area contributed by atoms with E-state index < -0.39 is 6.04 Å². The first-order valence-corrected chi connectivity index (χ1v) is 10.5. The first-order chi connectivity index (χ1) is 14.1. The predicted octanol–water partition coefficient (Wildman–Crippen LogP) is 2.69. The van der Waals surface area contributed by atoms with Crippen molar-refractivity contribution in [1.29, 1.82) is 0 Å². The van der Waals surface area contributed by atoms with E-state index >= 15 is 0 Å². The number of likely N-dealkylation sites (tertiary alicyclic amines) is 1. The molecule has 156 valence electrons. The van der Waals surface area contributed by atoms with Crippen molar-refractivity contribution in [3.63, 3.8) is 0 Å². The first-order valence-electron chi connectivity index (χ1n) is 10.5. The molecule has 0 aliphatic carbocycles. The molecule has 2 saturated heterocycles. The SMILES string of the molecule is CCOC(=O)C1CCCCN1C(=O)C1CCN(c2nc3nc(C)ccc3o2)CC1. The fourth-order valence-corrected chi connectivity index (χ4v) is 4.27. The minimum absolute atomic E-state index is 0.0778. The second-order valence-corrected chi connectivity index (χ2v) is 7.83. The third kappa shape index (κ3) is 4.06. The molecule has 0 bridgehead atoms. The highest BCUT2D eigenvalue weighted by Crippen LogP contribution is 2.29. The summed E-state index contributed by atoms with van der Waals surface area (Å²) in [4.78, 5) is 38.2. The fourth-order valence-electron chi connectivity index (χ4n) is 4.27. The van der Waals surface area contributed by atoms with Crippen LogP contribution in [0.5, 0.6) is 0 Å². The smallest absolute Gasteiger partial charge is 0.328 e. The number of amides is 1. The zero-order chi connectivity index (χ0) is 20.4. The molecule has 0 N–H and O–H groups in total. The maximum absolute atomic E-state index is 13.1. The van der Waals surface area contributed by atoms with Crippen LogP contribution in [0.3, 0.4) is 0 Å². The third-order valence-corrected chi connectivity index (χ3v) is 5.84. The number of oxazole rings is 1.